The number of aliphatic hydroxyl groups is 1. The van der Waals surface area contributed by atoms with E-state index in [1.54, 1.807) is 6.20 Å². The molecule has 3 rings (SSSR count). The number of carbonyl (C=O) groups excluding carboxylic acids is 5. The van der Waals surface area contributed by atoms with Gasteiger partial charge in [-0.25, -0.2) is 0 Å². The van der Waals surface area contributed by atoms with Crippen LogP contribution < -0.4 is 32.3 Å². The van der Waals surface area contributed by atoms with Crippen molar-refractivity contribution in [2.24, 2.45) is 5.73 Å². The second kappa shape index (κ2) is 14.7. The molecule has 16 heteroatoms. The highest BCUT2D eigenvalue weighted by atomic mass is 32.2. The lowest BCUT2D eigenvalue weighted by Gasteiger charge is -2.29. The quantitative estimate of drug-likeness (QED) is 0.158. The number of likely N-dealkylation sites (N-methyl/N-ethyl adjacent to an activating group) is 1. The number of fused-ring (bicyclic) bond motifs is 1. The lowest BCUT2D eigenvalue weighted by atomic mass is 10.0. The molecule has 0 bridgehead atoms. The number of primary amides is 1. The van der Waals surface area contributed by atoms with Crippen molar-refractivity contribution in [2.45, 2.75) is 55.2 Å². The third-order valence-corrected chi connectivity index (χ3v) is 8.18. The Morgan fingerprint density at radius 3 is 2.31 bits per heavy atom. The van der Waals surface area contributed by atoms with Gasteiger partial charge in [0.05, 0.1) is 25.1 Å². The van der Waals surface area contributed by atoms with E-state index in [9.17, 15) is 39.0 Å². The summed E-state index contributed by atoms with van der Waals surface area (Å²) in [6, 6.07) is 1.12. The molecule has 42 heavy (non-hydrogen) atoms. The molecule has 1 saturated heterocycles. The van der Waals surface area contributed by atoms with Gasteiger partial charge in [-0.05, 0) is 32.0 Å². The summed E-state index contributed by atoms with van der Waals surface area (Å²) in [6.07, 6.45) is 1.15. The van der Waals surface area contributed by atoms with Crippen LogP contribution in [0.5, 0.6) is 0 Å². The molecule has 15 nitrogen and oxygen atoms in total. The first-order chi connectivity index (χ1) is 19.9. The van der Waals surface area contributed by atoms with Crippen LogP contribution in [0.15, 0.2) is 30.5 Å². The smallest absolute Gasteiger partial charge is 0.318 e. The number of nitrogens with two attached hydrogens (primary N) is 1. The number of aliphatic carboxylic acids is 1. The molecule has 1 fully saturated rings. The molecule has 2 heterocycles. The van der Waals surface area contributed by atoms with Gasteiger partial charge in [-0.3, -0.25) is 28.8 Å². The van der Waals surface area contributed by atoms with Crippen molar-refractivity contribution in [3.05, 3.63) is 36.0 Å². The second-order valence-electron chi connectivity index (χ2n) is 9.82. The van der Waals surface area contributed by atoms with Crippen LogP contribution in [0.3, 0.4) is 0 Å². The lowest BCUT2D eigenvalue weighted by molar-refractivity contribution is -0.138. The number of para-hydroxylation sites is 1. The average Bonchev–Trinajstić information content (AvgIpc) is 3.34. The number of rotatable bonds is 7. The molecule has 2 unspecified atom stereocenters. The Bertz CT molecular complexity index is 1330. The topological polar surface area (TPSA) is 245 Å². The molecule has 0 aliphatic carbocycles. The molecule has 0 radical (unpaired) electrons. The number of thioether (sulfide) groups is 1. The summed E-state index contributed by atoms with van der Waals surface area (Å²) in [5, 5.41) is 32.0. The van der Waals surface area contributed by atoms with E-state index in [0.717, 1.165) is 22.7 Å². The van der Waals surface area contributed by atoms with Crippen molar-refractivity contribution in [3.63, 3.8) is 0 Å². The summed E-state index contributed by atoms with van der Waals surface area (Å²) in [5.41, 5.74) is 6.84. The second-order valence-corrected chi connectivity index (χ2v) is 11.0. The predicted octanol–water partition coefficient (Wildman–Crippen LogP) is -2.67. The normalized spacial score (nSPS) is 26.5. The van der Waals surface area contributed by atoms with Gasteiger partial charge in [-0.1, -0.05) is 18.2 Å². The van der Waals surface area contributed by atoms with Crippen LogP contribution in [0.4, 0.5) is 0 Å². The maximum Gasteiger partial charge on any atom is 0.318 e. The fourth-order valence-corrected chi connectivity index (χ4v) is 5.71. The fourth-order valence-electron chi connectivity index (χ4n) is 4.46. The first kappa shape index (κ1) is 32.4. The van der Waals surface area contributed by atoms with Gasteiger partial charge in [0.25, 0.3) is 0 Å². The van der Waals surface area contributed by atoms with Crippen LogP contribution in [-0.4, -0.2) is 106 Å². The van der Waals surface area contributed by atoms with E-state index in [0.29, 0.717) is 5.56 Å². The zero-order valence-corrected chi connectivity index (χ0v) is 23.8. The monoisotopic (exact) mass is 605 g/mol. The molecular weight excluding hydrogens is 570 g/mol. The molecular formula is C26H35N7O8S. The van der Waals surface area contributed by atoms with Gasteiger partial charge in [0, 0.05) is 22.9 Å². The molecule has 0 saturated carbocycles. The zero-order chi connectivity index (χ0) is 31.0. The number of carboxylic acids is 1. The minimum Gasteiger partial charge on any atom is -0.480 e. The van der Waals surface area contributed by atoms with E-state index in [-0.39, 0.29) is 12.2 Å². The Kier molecular flexibility index (Phi) is 11.3. The van der Waals surface area contributed by atoms with Crippen LogP contribution in [0, 0.1) is 0 Å². The van der Waals surface area contributed by atoms with Crippen LogP contribution in [0.2, 0.25) is 0 Å². The third kappa shape index (κ3) is 8.20. The Balaban J connectivity index is 2.03. The maximum atomic E-state index is 13.5. The van der Waals surface area contributed by atoms with Crippen molar-refractivity contribution >= 4 is 58.2 Å². The first-order valence-electron chi connectivity index (χ1n) is 13.1. The highest BCUT2D eigenvalue weighted by Gasteiger charge is 2.36. The molecule has 1 aliphatic heterocycles. The summed E-state index contributed by atoms with van der Waals surface area (Å²) in [6.45, 7) is 0.520. The predicted molar refractivity (Wildman–Crippen MR) is 153 cm³/mol. The van der Waals surface area contributed by atoms with Gasteiger partial charge in [-0.15, -0.1) is 11.8 Å². The van der Waals surface area contributed by atoms with Crippen LogP contribution in [0.25, 0.3) is 10.9 Å². The minimum absolute atomic E-state index is 0.0480. The lowest BCUT2D eigenvalue weighted by Crippen LogP contribution is -2.60. The number of aromatic amines is 1. The van der Waals surface area contributed by atoms with Crippen molar-refractivity contribution in [1.82, 2.24) is 31.6 Å². The Labute approximate surface area is 245 Å². The Morgan fingerprint density at radius 2 is 1.67 bits per heavy atom. The largest absolute Gasteiger partial charge is 0.480 e. The molecule has 5 amide bonds. The summed E-state index contributed by atoms with van der Waals surface area (Å²) < 4.78 is 0. The average molecular weight is 606 g/mol. The van der Waals surface area contributed by atoms with Gasteiger partial charge < -0.3 is 47.5 Å². The number of aromatic nitrogens is 1. The SMILES string of the molecule is CN[C@H]1CSC(C(=O)O)[C@@H](Cc2c[nH]c3ccccc23)NC(=O)[C@H](CC(N)=O)NC(=O)[C@H](C)NC(=O)C(CO)NC1=O. The number of benzene rings is 1. The summed E-state index contributed by atoms with van der Waals surface area (Å²) >= 11 is 0.875. The fraction of sp³-hybridized carbons (Fsp3) is 0.462. The van der Waals surface area contributed by atoms with E-state index >= 15 is 0 Å². The third-order valence-electron chi connectivity index (χ3n) is 6.76. The molecule has 10 N–H and O–H groups in total. The Hall–Kier alpha value is -4.15. The van der Waals surface area contributed by atoms with Gasteiger partial charge in [0.2, 0.25) is 29.5 Å². The summed E-state index contributed by atoms with van der Waals surface area (Å²) in [5.74, 6) is -5.55. The maximum absolute atomic E-state index is 13.5. The van der Waals surface area contributed by atoms with Gasteiger partial charge >= 0.3 is 5.97 Å². The van der Waals surface area contributed by atoms with Gasteiger partial charge in [0.1, 0.15) is 23.4 Å². The minimum atomic E-state index is -1.48. The summed E-state index contributed by atoms with van der Waals surface area (Å²) in [4.78, 5) is 79.4. The standard InChI is InChI=1S/C26H35N7O8S/c1-12-22(36)32-17(8-20(27)35)23(37)31-16(7-13-9-29-15-6-4-3-5-14(13)15)21(26(40)41)42-11-19(28-2)25(39)33-18(10-34)24(38)30-12/h3-6,9,12,16-19,21,28-29,34H,7-8,10-11H2,1-2H3,(H2,27,35)(H,30,38)(H,31,37)(H,32,36)(H,33,39)(H,40,41)/t12-,16+,17-,18?,19-,21?/m0/s1. The molecule has 228 valence electrons. The number of carbonyl (C=O) groups is 6. The molecule has 1 aromatic carbocycles. The van der Waals surface area contributed by atoms with Gasteiger partial charge in [0.15, 0.2) is 0 Å². The first-order valence-corrected chi connectivity index (χ1v) is 14.2. The number of nitrogens with one attached hydrogen (secondary N) is 6. The van der Waals surface area contributed by atoms with E-state index in [2.05, 4.69) is 31.6 Å². The van der Waals surface area contributed by atoms with E-state index in [4.69, 9.17) is 5.73 Å². The number of hydrogen-bond donors (Lipinski definition) is 9. The van der Waals surface area contributed by atoms with Crippen molar-refractivity contribution in [2.75, 3.05) is 19.4 Å². The van der Waals surface area contributed by atoms with Crippen molar-refractivity contribution < 1.29 is 39.0 Å². The van der Waals surface area contributed by atoms with Crippen molar-refractivity contribution in [3.8, 4) is 0 Å². The number of aliphatic hydroxyl groups excluding tert-OH is 1. The van der Waals surface area contributed by atoms with E-state index in [1.807, 2.05) is 24.3 Å². The van der Waals surface area contributed by atoms with Crippen LogP contribution >= 0.6 is 11.8 Å². The van der Waals surface area contributed by atoms with E-state index < -0.39 is 84.0 Å². The van der Waals surface area contributed by atoms with Crippen molar-refractivity contribution in [1.29, 1.82) is 0 Å². The highest BCUT2D eigenvalue weighted by Crippen LogP contribution is 2.24. The number of H-pyrrole nitrogens is 1. The summed E-state index contributed by atoms with van der Waals surface area (Å²) in [7, 11) is 1.47. The number of hydrogen-bond acceptors (Lipinski definition) is 9. The van der Waals surface area contributed by atoms with E-state index in [1.165, 1.54) is 14.0 Å². The Morgan fingerprint density at radius 1 is 1.00 bits per heavy atom. The number of amides is 5. The molecule has 2 aromatic rings. The number of carboxylic acid groups (broad SMARTS) is 1. The molecule has 1 aliphatic rings. The highest BCUT2D eigenvalue weighted by molar-refractivity contribution is 8.00. The van der Waals surface area contributed by atoms with Crippen LogP contribution in [-0.2, 0) is 35.2 Å². The van der Waals surface area contributed by atoms with Crippen LogP contribution in [0.1, 0.15) is 18.9 Å². The molecule has 0 spiro atoms. The molecule has 6 atom stereocenters. The molecule has 1 aromatic heterocycles. The zero-order valence-electron chi connectivity index (χ0n) is 23.0. The van der Waals surface area contributed by atoms with Gasteiger partial charge in [-0.2, -0.15) is 0 Å².